The van der Waals surface area contributed by atoms with Crippen molar-refractivity contribution < 1.29 is 14.2 Å². The normalized spacial score (nSPS) is 11.3. The molecule has 0 radical (unpaired) electrons. The zero-order valence-corrected chi connectivity index (χ0v) is 48.6. The van der Waals surface area contributed by atoms with Crippen LogP contribution in [0.25, 0.3) is 0 Å². The van der Waals surface area contributed by atoms with Crippen LogP contribution in [-0.2, 0) is 0 Å². The van der Waals surface area contributed by atoms with Crippen molar-refractivity contribution in [2.24, 2.45) is 0 Å². The van der Waals surface area contributed by atoms with E-state index in [9.17, 15) is 0 Å². The SMILES string of the molecule is Brc1c(Br)c(Br)c(Oc2c(Br)c(Br)c(Oc3c(Br)c(Br)c(Oc4c(Br)c(Br)c(Br)c(Br)c4Br)c(Br)c3Br)c(Br)c2Br)c(Br)c1Br. The van der Waals surface area contributed by atoms with E-state index in [1.807, 2.05) is 0 Å². The van der Waals surface area contributed by atoms with Crippen LogP contribution < -0.4 is 14.2 Å². The number of ether oxygens (including phenoxy) is 3. The van der Waals surface area contributed by atoms with Gasteiger partial charge in [0.25, 0.3) is 0 Å². The van der Waals surface area contributed by atoms with Crippen molar-refractivity contribution >= 4 is 287 Å². The van der Waals surface area contributed by atoms with Gasteiger partial charge in [0.2, 0.25) is 0 Å². The van der Waals surface area contributed by atoms with Gasteiger partial charge < -0.3 is 14.2 Å². The van der Waals surface area contributed by atoms with E-state index >= 15 is 0 Å². The minimum absolute atomic E-state index is 0.456. The van der Waals surface area contributed by atoms with Crippen molar-refractivity contribution in [2.75, 3.05) is 0 Å². The minimum Gasteiger partial charge on any atom is -0.452 e. The van der Waals surface area contributed by atoms with Gasteiger partial charge in [-0.15, -0.1) is 0 Å². The maximum absolute atomic E-state index is 6.54. The van der Waals surface area contributed by atoms with Gasteiger partial charge in [-0.1, -0.05) is 0 Å². The molecule has 0 aliphatic heterocycles. The van der Waals surface area contributed by atoms with Crippen molar-refractivity contribution in [3.63, 3.8) is 0 Å². The Balaban J connectivity index is 1.81. The van der Waals surface area contributed by atoms with Crippen LogP contribution in [0.1, 0.15) is 0 Å². The van der Waals surface area contributed by atoms with Gasteiger partial charge >= 0.3 is 0 Å². The van der Waals surface area contributed by atoms with Crippen molar-refractivity contribution in [3.05, 3.63) is 80.5 Å². The second-order valence-corrected chi connectivity index (χ2v) is 22.2. The van der Waals surface area contributed by atoms with Gasteiger partial charge in [-0.25, -0.2) is 0 Å². The first kappa shape index (κ1) is 42.7. The summed E-state index contributed by atoms with van der Waals surface area (Å²) in [5.41, 5.74) is 0. The molecule has 45 heavy (non-hydrogen) atoms. The van der Waals surface area contributed by atoms with Gasteiger partial charge in [-0.05, 0) is 287 Å². The quantitative estimate of drug-likeness (QED) is 0.142. The molecule has 4 aromatic carbocycles. The third-order valence-electron chi connectivity index (χ3n) is 5.32. The molecule has 0 fully saturated rings. The monoisotopic (exact) mass is 1760 g/mol. The van der Waals surface area contributed by atoms with E-state index in [2.05, 4.69) is 287 Å². The number of rotatable bonds is 6. The van der Waals surface area contributed by atoms with E-state index in [0.29, 0.717) is 88.2 Å². The number of benzene rings is 4. The van der Waals surface area contributed by atoms with Crippen molar-refractivity contribution in [1.82, 2.24) is 0 Å². The van der Waals surface area contributed by atoms with Gasteiger partial charge in [0.1, 0.15) is 0 Å². The average molecular weight is 1770 g/mol. The lowest BCUT2D eigenvalue weighted by molar-refractivity contribution is 0.445. The molecule has 3 nitrogen and oxygen atoms in total. The highest BCUT2D eigenvalue weighted by molar-refractivity contribution is 9.17. The maximum atomic E-state index is 6.54. The van der Waals surface area contributed by atoms with Crippen molar-refractivity contribution in [3.8, 4) is 34.5 Å². The smallest absolute Gasteiger partial charge is 0.158 e. The molecule has 0 aliphatic rings. The summed E-state index contributed by atoms with van der Waals surface area (Å²) in [6.45, 7) is 0. The van der Waals surface area contributed by atoms with Crippen LogP contribution in [0.5, 0.6) is 34.5 Å². The van der Waals surface area contributed by atoms with Gasteiger partial charge in [0.05, 0.1) is 71.6 Å². The molecule has 0 aliphatic carbocycles. The third-order valence-corrected chi connectivity index (χ3v) is 25.5. The van der Waals surface area contributed by atoms with Crippen LogP contribution in [0.15, 0.2) is 80.5 Å². The minimum atomic E-state index is 0.456. The predicted octanol–water partition coefficient (Wildman–Crippen LogP) is 20.8. The highest BCUT2D eigenvalue weighted by atomic mass is 79.9. The summed E-state index contributed by atoms with van der Waals surface area (Å²) in [6.07, 6.45) is 0. The van der Waals surface area contributed by atoms with Crippen molar-refractivity contribution in [2.45, 2.75) is 0 Å². The molecule has 0 spiro atoms. The topological polar surface area (TPSA) is 27.7 Å². The summed E-state index contributed by atoms with van der Waals surface area (Å²) < 4.78 is 31.6. The lowest BCUT2D eigenvalue weighted by Crippen LogP contribution is -1.98. The molecule has 0 unspecified atom stereocenters. The Labute approximate surface area is 408 Å². The van der Waals surface area contributed by atoms with Crippen LogP contribution >= 0.6 is 287 Å². The maximum Gasteiger partial charge on any atom is 0.158 e. The zero-order valence-electron chi connectivity index (χ0n) is 20.0. The largest absolute Gasteiger partial charge is 0.452 e. The Morgan fingerprint density at radius 1 is 0.156 bits per heavy atom. The number of hydrogen-bond acceptors (Lipinski definition) is 3. The lowest BCUT2D eigenvalue weighted by Gasteiger charge is -2.22. The Hall–Kier alpha value is 4.92. The molecule has 0 aromatic heterocycles. The molecule has 4 rings (SSSR count). The summed E-state index contributed by atoms with van der Waals surface area (Å²) in [4.78, 5) is 0. The fourth-order valence-electron chi connectivity index (χ4n) is 3.20. The van der Waals surface area contributed by atoms with Crippen LogP contribution in [0.2, 0.25) is 0 Å². The van der Waals surface area contributed by atoms with Crippen LogP contribution in [0.3, 0.4) is 0 Å². The Morgan fingerprint density at radius 2 is 0.244 bits per heavy atom. The number of halogens is 18. The summed E-state index contributed by atoms with van der Waals surface area (Å²) in [5.74, 6) is 2.94. The standard InChI is InChI=1S/C24Br18O3/c25-1-3(27)7(31)19(8(32)4(1)28)43-21-11(35)15(39)23(16(40)12(21)36)45-24-17(41)13(37)22(14(38)18(24)42)44-20-9(33)5(29)2(26)6(30)10(20)34. The van der Waals surface area contributed by atoms with Crippen LogP contribution in [0, 0.1) is 0 Å². The summed E-state index contributed by atoms with van der Waals surface area (Å²) in [7, 11) is 0. The first-order valence-electron chi connectivity index (χ1n) is 10.6. The van der Waals surface area contributed by atoms with E-state index in [-0.39, 0.29) is 0 Å². The summed E-state index contributed by atoms with van der Waals surface area (Å²) >= 11 is 65.4. The van der Waals surface area contributed by atoms with Gasteiger partial charge in [0, 0.05) is 8.95 Å². The van der Waals surface area contributed by atoms with Crippen LogP contribution in [0.4, 0.5) is 0 Å². The molecule has 0 heterocycles. The van der Waals surface area contributed by atoms with Gasteiger partial charge in [0.15, 0.2) is 34.5 Å². The fourth-order valence-corrected chi connectivity index (χ4v) is 14.3. The molecule has 0 N–H and O–H groups in total. The molecule has 21 heteroatoms. The highest BCUT2D eigenvalue weighted by Crippen LogP contribution is 2.59. The van der Waals surface area contributed by atoms with E-state index in [4.69, 9.17) is 14.2 Å². The zero-order chi connectivity index (χ0) is 34.0. The molecular weight excluding hydrogens is 1770 g/mol. The van der Waals surface area contributed by atoms with E-state index in [0.717, 1.165) is 26.8 Å². The second kappa shape index (κ2) is 17.6. The molecule has 0 saturated heterocycles. The van der Waals surface area contributed by atoms with Crippen molar-refractivity contribution in [1.29, 1.82) is 0 Å². The average Bonchev–Trinajstić information content (AvgIpc) is 3.01. The Kier molecular flexibility index (Phi) is 16.7. The van der Waals surface area contributed by atoms with Gasteiger partial charge in [-0.3, -0.25) is 0 Å². The molecular formula is C24Br18O3. The lowest BCUT2D eigenvalue weighted by atomic mass is 10.3. The van der Waals surface area contributed by atoms with E-state index < -0.39 is 0 Å². The molecule has 0 atom stereocenters. The number of hydrogen-bond donors (Lipinski definition) is 0. The molecule has 0 saturated carbocycles. The second-order valence-electron chi connectivity index (χ2n) is 7.93. The van der Waals surface area contributed by atoms with Gasteiger partial charge in [-0.2, -0.15) is 0 Å². The van der Waals surface area contributed by atoms with E-state index in [1.165, 1.54) is 0 Å². The summed E-state index contributed by atoms with van der Waals surface area (Å²) in [6, 6.07) is 0. The third kappa shape index (κ3) is 8.45. The van der Waals surface area contributed by atoms with E-state index in [1.54, 1.807) is 0 Å². The highest BCUT2D eigenvalue weighted by Gasteiger charge is 2.30. The first-order valence-corrected chi connectivity index (χ1v) is 24.9. The molecule has 0 bridgehead atoms. The predicted molar refractivity (Wildman–Crippen MR) is 245 cm³/mol. The molecule has 0 amide bonds. The molecule has 240 valence electrons. The first-order chi connectivity index (χ1) is 20.8. The summed E-state index contributed by atoms with van der Waals surface area (Å²) in [5, 5.41) is 0. The Bertz CT molecular complexity index is 1670. The fraction of sp³-hybridized carbons (Fsp3) is 0. The van der Waals surface area contributed by atoms with Crippen LogP contribution in [-0.4, -0.2) is 0 Å². The molecule has 4 aromatic rings. The Morgan fingerprint density at radius 3 is 0.378 bits per heavy atom.